The van der Waals surface area contributed by atoms with E-state index < -0.39 is 22.0 Å². The van der Waals surface area contributed by atoms with E-state index in [1.165, 1.54) is 13.2 Å². The summed E-state index contributed by atoms with van der Waals surface area (Å²) >= 11 is 6.16. The first-order chi connectivity index (χ1) is 15.2. The molecule has 1 amide bonds. The van der Waals surface area contributed by atoms with Gasteiger partial charge in [-0.15, -0.1) is 0 Å². The minimum Gasteiger partial charge on any atom is -0.495 e. The fourth-order valence-corrected chi connectivity index (χ4v) is 4.87. The second-order valence-electron chi connectivity index (χ2n) is 7.42. The molecule has 0 aliphatic carbocycles. The zero-order valence-corrected chi connectivity index (χ0v) is 19.6. The van der Waals surface area contributed by atoms with Gasteiger partial charge in [-0.1, -0.05) is 54.1 Å². The van der Waals surface area contributed by atoms with E-state index in [-0.39, 0.29) is 17.1 Å². The highest BCUT2D eigenvalue weighted by molar-refractivity contribution is 7.89. The smallest absolute Gasteiger partial charge is 0.245 e. The molecule has 32 heavy (non-hydrogen) atoms. The molecule has 8 heteroatoms. The van der Waals surface area contributed by atoms with Gasteiger partial charge in [0, 0.05) is 10.7 Å². The summed E-state index contributed by atoms with van der Waals surface area (Å²) in [4.78, 5) is 13.2. The van der Waals surface area contributed by atoms with Crippen molar-refractivity contribution in [2.75, 3.05) is 12.4 Å². The van der Waals surface area contributed by atoms with Gasteiger partial charge in [-0.3, -0.25) is 4.79 Å². The third-order valence-electron chi connectivity index (χ3n) is 5.03. The monoisotopic (exact) mass is 472 g/mol. The third-order valence-corrected chi connectivity index (χ3v) is 6.93. The Morgan fingerprint density at radius 3 is 2.44 bits per heavy atom. The van der Waals surface area contributed by atoms with Crippen LogP contribution < -0.4 is 14.8 Å². The molecule has 3 rings (SSSR count). The lowest BCUT2D eigenvalue weighted by atomic mass is 10.1. The van der Waals surface area contributed by atoms with E-state index >= 15 is 0 Å². The van der Waals surface area contributed by atoms with Crippen molar-refractivity contribution in [3.63, 3.8) is 0 Å². The van der Waals surface area contributed by atoms with Gasteiger partial charge in [0.2, 0.25) is 15.9 Å². The van der Waals surface area contributed by atoms with E-state index in [0.29, 0.717) is 16.3 Å². The van der Waals surface area contributed by atoms with Crippen LogP contribution >= 0.6 is 11.6 Å². The number of carbonyl (C=O) groups excluding carboxylic acids is 1. The first kappa shape index (κ1) is 23.8. The summed E-state index contributed by atoms with van der Waals surface area (Å²) in [6, 6.07) is 18.2. The number of hydrogen-bond acceptors (Lipinski definition) is 4. The van der Waals surface area contributed by atoms with Crippen LogP contribution in [-0.4, -0.2) is 27.5 Å². The van der Waals surface area contributed by atoms with Crippen LogP contribution in [0.1, 0.15) is 16.7 Å². The molecule has 0 aromatic heterocycles. The quantitative estimate of drug-likeness (QED) is 0.505. The molecule has 0 bridgehead atoms. The van der Waals surface area contributed by atoms with E-state index in [4.69, 9.17) is 16.3 Å². The van der Waals surface area contributed by atoms with Crippen LogP contribution in [0.3, 0.4) is 0 Å². The van der Waals surface area contributed by atoms with Crippen molar-refractivity contribution in [3.8, 4) is 5.75 Å². The van der Waals surface area contributed by atoms with Crippen molar-refractivity contribution in [3.05, 3.63) is 88.4 Å². The molecular formula is C24H25ClN2O4S. The zero-order chi connectivity index (χ0) is 23.3. The molecular weight excluding hydrogens is 448 g/mol. The number of nitrogens with one attached hydrogen (secondary N) is 2. The number of halogens is 1. The first-order valence-corrected chi connectivity index (χ1v) is 11.8. The maximum absolute atomic E-state index is 13.3. The fourth-order valence-electron chi connectivity index (χ4n) is 3.25. The van der Waals surface area contributed by atoms with Crippen LogP contribution in [0.2, 0.25) is 5.02 Å². The predicted octanol–water partition coefficient (Wildman–Crippen LogP) is 4.49. The predicted molar refractivity (Wildman–Crippen MR) is 127 cm³/mol. The number of methoxy groups -OCH3 is 1. The molecule has 1 atom stereocenters. The average Bonchev–Trinajstić information content (AvgIpc) is 2.77. The molecule has 0 aliphatic rings. The summed E-state index contributed by atoms with van der Waals surface area (Å²) in [5.41, 5.74) is 2.79. The zero-order valence-electron chi connectivity index (χ0n) is 18.1. The highest BCUT2D eigenvalue weighted by Crippen LogP contribution is 2.26. The average molecular weight is 473 g/mol. The van der Waals surface area contributed by atoms with Gasteiger partial charge in [-0.05, 0) is 61.2 Å². The SMILES string of the molecule is COc1ccc(C)cc1S(=O)(=O)NC(Cc1ccccc1)C(=O)Nc1cccc(Cl)c1C. The van der Waals surface area contributed by atoms with E-state index in [1.807, 2.05) is 30.3 Å². The van der Waals surface area contributed by atoms with E-state index in [2.05, 4.69) is 10.0 Å². The van der Waals surface area contributed by atoms with Gasteiger partial charge in [0.15, 0.2) is 0 Å². The molecule has 0 spiro atoms. The van der Waals surface area contributed by atoms with Crippen LogP contribution in [-0.2, 0) is 21.2 Å². The molecule has 1 unspecified atom stereocenters. The van der Waals surface area contributed by atoms with E-state index in [9.17, 15) is 13.2 Å². The number of sulfonamides is 1. The van der Waals surface area contributed by atoms with Gasteiger partial charge >= 0.3 is 0 Å². The summed E-state index contributed by atoms with van der Waals surface area (Å²) in [7, 11) is -2.66. The minimum atomic E-state index is -4.06. The summed E-state index contributed by atoms with van der Waals surface area (Å²) in [6.07, 6.45) is 0.166. The lowest BCUT2D eigenvalue weighted by molar-refractivity contribution is -0.117. The Labute approximate surface area is 193 Å². The molecule has 6 nitrogen and oxygen atoms in total. The van der Waals surface area contributed by atoms with Crippen LogP contribution in [0.5, 0.6) is 5.75 Å². The first-order valence-electron chi connectivity index (χ1n) is 9.98. The van der Waals surface area contributed by atoms with Gasteiger partial charge in [0.05, 0.1) is 7.11 Å². The summed E-state index contributed by atoms with van der Waals surface area (Å²) in [6.45, 7) is 3.57. The Hall–Kier alpha value is -2.87. The Balaban J connectivity index is 1.95. The number of rotatable bonds is 8. The summed E-state index contributed by atoms with van der Waals surface area (Å²) < 4.78 is 34.3. The number of amides is 1. The van der Waals surface area contributed by atoms with Crippen molar-refractivity contribution in [2.24, 2.45) is 0 Å². The van der Waals surface area contributed by atoms with Gasteiger partial charge in [0.25, 0.3) is 0 Å². The standard InChI is InChI=1S/C24H25ClN2O4S/c1-16-12-13-22(31-3)23(14-16)32(29,30)27-21(15-18-8-5-4-6-9-18)24(28)26-20-11-7-10-19(25)17(20)2/h4-14,21,27H,15H2,1-3H3,(H,26,28). The normalized spacial score (nSPS) is 12.2. The van der Waals surface area contributed by atoms with Crippen LogP contribution in [0.25, 0.3) is 0 Å². The van der Waals surface area contributed by atoms with E-state index in [0.717, 1.165) is 11.1 Å². The molecule has 3 aromatic carbocycles. The highest BCUT2D eigenvalue weighted by Gasteiger charge is 2.28. The molecule has 168 valence electrons. The van der Waals surface area contributed by atoms with Gasteiger partial charge in [-0.2, -0.15) is 4.72 Å². The lowest BCUT2D eigenvalue weighted by Gasteiger charge is -2.20. The molecule has 3 aromatic rings. The maximum Gasteiger partial charge on any atom is 0.245 e. The van der Waals surface area contributed by atoms with Crippen molar-refractivity contribution in [1.82, 2.24) is 4.72 Å². The summed E-state index contributed by atoms with van der Waals surface area (Å²) in [5.74, 6) is -0.290. The molecule has 0 fully saturated rings. The van der Waals surface area contributed by atoms with E-state index in [1.54, 1.807) is 44.2 Å². The number of hydrogen-bond donors (Lipinski definition) is 2. The molecule has 0 radical (unpaired) electrons. The maximum atomic E-state index is 13.3. The lowest BCUT2D eigenvalue weighted by Crippen LogP contribution is -2.45. The Morgan fingerprint density at radius 1 is 1.03 bits per heavy atom. The molecule has 0 saturated carbocycles. The minimum absolute atomic E-state index is 0.0233. The number of benzene rings is 3. The highest BCUT2D eigenvalue weighted by atomic mass is 35.5. The second kappa shape index (κ2) is 10.2. The number of ether oxygens (including phenoxy) is 1. The Morgan fingerprint density at radius 2 is 1.75 bits per heavy atom. The number of carbonyl (C=O) groups is 1. The van der Waals surface area contributed by atoms with Crippen molar-refractivity contribution < 1.29 is 17.9 Å². The summed E-state index contributed by atoms with van der Waals surface area (Å²) in [5, 5.41) is 3.31. The molecule has 0 aliphatic heterocycles. The van der Waals surface area contributed by atoms with Gasteiger partial charge in [-0.25, -0.2) is 8.42 Å². The van der Waals surface area contributed by atoms with Crippen LogP contribution in [0, 0.1) is 13.8 Å². The largest absolute Gasteiger partial charge is 0.495 e. The molecule has 0 saturated heterocycles. The molecule has 0 heterocycles. The van der Waals surface area contributed by atoms with Crippen LogP contribution in [0.15, 0.2) is 71.6 Å². The number of aryl methyl sites for hydroxylation is 1. The van der Waals surface area contributed by atoms with Gasteiger partial charge < -0.3 is 10.1 Å². The Kier molecular flexibility index (Phi) is 7.56. The topological polar surface area (TPSA) is 84.5 Å². The number of anilines is 1. The van der Waals surface area contributed by atoms with Crippen molar-refractivity contribution >= 4 is 33.2 Å². The Bertz CT molecular complexity index is 1210. The van der Waals surface area contributed by atoms with Crippen molar-refractivity contribution in [2.45, 2.75) is 31.2 Å². The van der Waals surface area contributed by atoms with Crippen molar-refractivity contribution in [1.29, 1.82) is 0 Å². The molecule has 2 N–H and O–H groups in total. The third kappa shape index (κ3) is 5.68. The fraction of sp³-hybridized carbons (Fsp3) is 0.208. The second-order valence-corrected chi connectivity index (χ2v) is 9.51. The van der Waals surface area contributed by atoms with Crippen LogP contribution in [0.4, 0.5) is 5.69 Å². The van der Waals surface area contributed by atoms with Gasteiger partial charge in [0.1, 0.15) is 16.7 Å².